The van der Waals surface area contributed by atoms with Crippen LogP contribution in [0, 0.1) is 0 Å². The van der Waals surface area contributed by atoms with Gasteiger partial charge in [-0.25, -0.2) is 9.79 Å². The molecule has 1 aliphatic rings. The van der Waals surface area contributed by atoms with Crippen LogP contribution in [-0.4, -0.2) is 24.3 Å². The first-order valence-electron chi connectivity index (χ1n) is 11.4. The number of fused-ring (bicyclic) bond motifs is 2. The highest BCUT2D eigenvalue weighted by Crippen LogP contribution is 2.40. The molecule has 0 fully saturated rings. The van der Waals surface area contributed by atoms with Crippen molar-refractivity contribution in [3.63, 3.8) is 0 Å². The minimum absolute atomic E-state index is 0.211. The monoisotopic (exact) mass is 562 g/mol. The second-order valence-corrected chi connectivity index (χ2v) is 10.2. The lowest BCUT2D eigenvalue weighted by atomic mass is 9.90. The molecule has 8 heteroatoms. The Labute approximate surface area is 220 Å². The van der Waals surface area contributed by atoms with Crippen LogP contribution in [0.5, 0.6) is 5.75 Å². The SMILES string of the molecule is CCOC(=O)C1=C(C)N=c2s/c(=C/c3ccc(Br)cc3)c(=O)n2[C@H]1c1c(OC)ccc2ccccc12. The van der Waals surface area contributed by atoms with E-state index in [1.807, 2.05) is 66.7 Å². The largest absolute Gasteiger partial charge is 0.496 e. The number of carbonyl (C=O) groups is 1. The molecule has 6 nitrogen and oxygen atoms in total. The van der Waals surface area contributed by atoms with Crippen molar-refractivity contribution >= 4 is 50.1 Å². The molecule has 0 amide bonds. The fourth-order valence-electron chi connectivity index (χ4n) is 4.51. The lowest BCUT2D eigenvalue weighted by molar-refractivity contribution is -0.139. The number of nitrogens with zero attached hydrogens (tertiary/aromatic N) is 2. The van der Waals surface area contributed by atoms with Crippen LogP contribution in [0.2, 0.25) is 0 Å². The number of allylic oxidation sites excluding steroid dienone is 1. The summed E-state index contributed by atoms with van der Waals surface area (Å²) in [7, 11) is 1.59. The fourth-order valence-corrected chi connectivity index (χ4v) is 5.82. The summed E-state index contributed by atoms with van der Waals surface area (Å²) in [5, 5.41) is 1.86. The normalized spacial score (nSPS) is 15.6. The van der Waals surface area contributed by atoms with Crippen molar-refractivity contribution in [1.29, 1.82) is 0 Å². The lowest BCUT2D eigenvalue weighted by Crippen LogP contribution is -2.40. The second kappa shape index (κ2) is 9.87. The van der Waals surface area contributed by atoms with E-state index in [1.165, 1.54) is 11.3 Å². The van der Waals surface area contributed by atoms with Gasteiger partial charge in [0.05, 0.1) is 29.5 Å². The molecule has 0 saturated carbocycles. The molecule has 3 aromatic carbocycles. The minimum Gasteiger partial charge on any atom is -0.496 e. The van der Waals surface area contributed by atoms with E-state index in [9.17, 15) is 9.59 Å². The van der Waals surface area contributed by atoms with Gasteiger partial charge in [0, 0.05) is 10.0 Å². The van der Waals surface area contributed by atoms with Gasteiger partial charge in [-0.05, 0) is 54.5 Å². The summed E-state index contributed by atoms with van der Waals surface area (Å²) in [6, 6.07) is 18.7. The van der Waals surface area contributed by atoms with Crippen molar-refractivity contribution in [3.8, 4) is 5.75 Å². The maximum Gasteiger partial charge on any atom is 0.338 e. The van der Waals surface area contributed by atoms with Gasteiger partial charge in [0.1, 0.15) is 11.8 Å². The number of carbonyl (C=O) groups excluding carboxylic acids is 1. The molecule has 0 N–H and O–H groups in total. The maximum atomic E-state index is 13.9. The first-order valence-corrected chi connectivity index (χ1v) is 13.0. The third kappa shape index (κ3) is 4.20. The summed E-state index contributed by atoms with van der Waals surface area (Å²) in [6.45, 7) is 3.75. The Morgan fingerprint density at radius 2 is 1.89 bits per heavy atom. The number of ether oxygens (including phenoxy) is 2. The van der Waals surface area contributed by atoms with Crippen molar-refractivity contribution in [2.24, 2.45) is 4.99 Å². The smallest absolute Gasteiger partial charge is 0.338 e. The molecular formula is C28H23BrN2O4S. The van der Waals surface area contributed by atoms with E-state index < -0.39 is 12.0 Å². The van der Waals surface area contributed by atoms with Gasteiger partial charge in [-0.15, -0.1) is 0 Å². The number of hydrogen-bond acceptors (Lipinski definition) is 6. The molecule has 0 radical (unpaired) electrons. The highest BCUT2D eigenvalue weighted by atomic mass is 79.9. The highest BCUT2D eigenvalue weighted by molar-refractivity contribution is 9.10. The number of hydrogen-bond donors (Lipinski definition) is 0. The Kier molecular flexibility index (Phi) is 6.64. The van der Waals surface area contributed by atoms with Crippen LogP contribution in [0.25, 0.3) is 16.8 Å². The van der Waals surface area contributed by atoms with Crippen molar-refractivity contribution in [2.45, 2.75) is 19.9 Å². The Bertz CT molecular complexity index is 1700. The summed E-state index contributed by atoms with van der Waals surface area (Å²) in [4.78, 5) is 32.4. The van der Waals surface area contributed by atoms with Crippen molar-refractivity contribution in [2.75, 3.05) is 13.7 Å². The fraction of sp³-hybridized carbons (Fsp3) is 0.179. The molecule has 0 bridgehead atoms. The molecule has 36 heavy (non-hydrogen) atoms. The van der Waals surface area contributed by atoms with E-state index in [0.29, 0.717) is 26.4 Å². The van der Waals surface area contributed by atoms with Crippen molar-refractivity contribution in [3.05, 3.63) is 107 Å². The zero-order chi connectivity index (χ0) is 25.4. The molecule has 5 rings (SSSR count). The minimum atomic E-state index is -0.756. The van der Waals surface area contributed by atoms with E-state index in [0.717, 1.165) is 26.4 Å². The average molecular weight is 563 g/mol. The van der Waals surface area contributed by atoms with E-state index in [4.69, 9.17) is 9.47 Å². The number of thiazole rings is 1. The lowest BCUT2D eigenvalue weighted by Gasteiger charge is -2.27. The number of halogens is 1. The molecular weight excluding hydrogens is 540 g/mol. The Morgan fingerprint density at radius 3 is 2.61 bits per heavy atom. The van der Waals surface area contributed by atoms with Gasteiger partial charge in [0.2, 0.25) is 0 Å². The first-order chi connectivity index (χ1) is 17.4. The predicted molar refractivity (Wildman–Crippen MR) is 145 cm³/mol. The van der Waals surface area contributed by atoms with Gasteiger partial charge in [0.25, 0.3) is 5.56 Å². The van der Waals surface area contributed by atoms with Crippen LogP contribution in [0.4, 0.5) is 0 Å². The zero-order valence-electron chi connectivity index (χ0n) is 19.9. The molecule has 0 aliphatic carbocycles. The van der Waals surface area contributed by atoms with Gasteiger partial charge in [-0.2, -0.15) is 0 Å². The van der Waals surface area contributed by atoms with Gasteiger partial charge in [0.15, 0.2) is 4.80 Å². The first kappa shape index (κ1) is 24.2. The Balaban J connectivity index is 1.84. The zero-order valence-corrected chi connectivity index (χ0v) is 22.4. The number of esters is 1. The number of methoxy groups -OCH3 is 1. The van der Waals surface area contributed by atoms with Crippen LogP contribution < -0.4 is 19.6 Å². The molecule has 4 aromatic rings. The molecule has 182 valence electrons. The van der Waals surface area contributed by atoms with Crippen LogP contribution in [0.3, 0.4) is 0 Å². The summed E-state index contributed by atoms with van der Waals surface area (Å²) in [5.74, 6) is 0.0821. The summed E-state index contributed by atoms with van der Waals surface area (Å²) in [5.41, 5.74) is 2.24. The predicted octanol–water partition coefficient (Wildman–Crippen LogP) is 4.72. The quantitative estimate of drug-likeness (QED) is 0.330. The molecule has 2 heterocycles. The molecule has 0 unspecified atom stereocenters. The molecule has 1 aromatic heterocycles. The Hall–Kier alpha value is -3.49. The second-order valence-electron chi connectivity index (χ2n) is 8.26. The third-order valence-corrected chi connectivity index (χ3v) is 7.62. The van der Waals surface area contributed by atoms with Gasteiger partial charge >= 0.3 is 5.97 Å². The van der Waals surface area contributed by atoms with Crippen molar-refractivity contribution < 1.29 is 14.3 Å². The number of benzene rings is 3. The number of aromatic nitrogens is 1. The Morgan fingerprint density at radius 1 is 1.14 bits per heavy atom. The van der Waals surface area contributed by atoms with Crippen LogP contribution >= 0.6 is 27.3 Å². The van der Waals surface area contributed by atoms with E-state index >= 15 is 0 Å². The molecule has 0 saturated heterocycles. The summed E-state index contributed by atoms with van der Waals surface area (Å²) >= 11 is 4.74. The maximum absolute atomic E-state index is 13.9. The van der Waals surface area contributed by atoms with E-state index in [2.05, 4.69) is 20.9 Å². The standard InChI is InChI=1S/C28H23BrN2O4S/c1-4-35-27(33)23-16(2)30-28-31(26(32)22(36-28)15-17-9-12-19(29)13-10-17)25(23)24-20-8-6-5-7-18(20)11-14-21(24)34-3/h5-15,25H,4H2,1-3H3/b22-15+/t25-/m1/s1. The topological polar surface area (TPSA) is 69.9 Å². The van der Waals surface area contributed by atoms with E-state index in [1.54, 1.807) is 25.5 Å². The molecule has 1 aliphatic heterocycles. The molecule has 0 spiro atoms. The number of rotatable bonds is 5. The summed E-state index contributed by atoms with van der Waals surface area (Å²) in [6.07, 6.45) is 1.84. The third-order valence-electron chi connectivity index (χ3n) is 6.11. The van der Waals surface area contributed by atoms with Gasteiger partial charge in [-0.3, -0.25) is 9.36 Å². The van der Waals surface area contributed by atoms with Gasteiger partial charge in [-0.1, -0.05) is 69.7 Å². The van der Waals surface area contributed by atoms with Crippen LogP contribution in [0.15, 0.2) is 86.2 Å². The van der Waals surface area contributed by atoms with E-state index in [-0.39, 0.29) is 12.2 Å². The van der Waals surface area contributed by atoms with Crippen LogP contribution in [-0.2, 0) is 9.53 Å². The van der Waals surface area contributed by atoms with Crippen LogP contribution in [0.1, 0.15) is 31.0 Å². The summed E-state index contributed by atoms with van der Waals surface area (Å²) < 4.78 is 14.3. The van der Waals surface area contributed by atoms with Gasteiger partial charge < -0.3 is 9.47 Å². The highest BCUT2D eigenvalue weighted by Gasteiger charge is 2.36. The average Bonchev–Trinajstić information content (AvgIpc) is 3.18. The van der Waals surface area contributed by atoms with Crippen molar-refractivity contribution in [1.82, 2.24) is 4.57 Å². The molecule has 1 atom stereocenters.